The number of ether oxygens (including phenoxy) is 4. The maximum Gasteiger partial charge on any atom is 0.185 e. The Hall–Kier alpha value is -5.62. The van der Waals surface area contributed by atoms with Gasteiger partial charge in [0.05, 0.1) is 0 Å². The highest BCUT2D eigenvalue weighted by atomic mass is 16.5. The fourth-order valence-corrected chi connectivity index (χ4v) is 7.21. The average Bonchev–Trinajstić information content (AvgIpc) is 3.14. The molecule has 7 rings (SSSR count). The highest BCUT2D eigenvalue weighted by Crippen LogP contribution is 2.36. The molecule has 1 heterocycles. The highest BCUT2D eigenvalue weighted by molar-refractivity contribution is 6.15. The lowest BCUT2D eigenvalue weighted by Crippen LogP contribution is -2.18. The number of para-hydroxylation sites is 4. The van der Waals surface area contributed by atoms with E-state index in [-0.39, 0.29) is 11.6 Å². The summed E-state index contributed by atoms with van der Waals surface area (Å²) < 4.78 is 24.9. The Morgan fingerprint density at radius 3 is 0.865 bits per heavy atom. The monoisotopic (exact) mass is 692 g/mol. The van der Waals surface area contributed by atoms with Crippen LogP contribution in [0, 0.1) is 11.8 Å². The number of Topliss-reactive ketones (excluding diaryl/α,β-unsaturated/α-hetero) is 2. The van der Waals surface area contributed by atoms with E-state index >= 15 is 0 Å². The van der Waals surface area contributed by atoms with Crippen LogP contribution in [0.4, 0.5) is 0 Å². The minimum Gasteiger partial charge on any atom is -0.489 e. The molecule has 52 heavy (non-hydrogen) atoms. The molecule has 2 saturated carbocycles. The van der Waals surface area contributed by atoms with Gasteiger partial charge >= 0.3 is 0 Å². The lowest BCUT2D eigenvalue weighted by Gasteiger charge is -2.23. The smallest absolute Gasteiger partial charge is 0.185 e. The summed E-state index contributed by atoms with van der Waals surface area (Å²) >= 11 is 0. The summed E-state index contributed by atoms with van der Waals surface area (Å²) in [6.07, 6.45) is 10.6. The van der Waals surface area contributed by atoms with Gasteiger partial charge in [-0.05, 0) is 86.1 Å². The van der Waals surface area contributed by atoms with Crippen molar-refractivity contribution in [2.24, 2.45) is 11.8 Å². The molecular weight excluding hydrogens is 649 g/mol. The van der Waals surface area contributed by atoms with Crippen molar-refractivity contribution in [3.05, 3.63) is 142 Å². The molecule has 0 saturated heterocycles. The fourth-order valence-electron chi connectivity index (χ4n) is 7.21. The van der Waals surface area contributed by atoms with Crippen LogP contribution in [0.15, 0.2) is 119 Å². The minimum atomic E-state index is 0.0462. The number of carbonyl (C=O) groups is 2. The van der Waals surface area contributed by atoms with Crippen LogP contribution >= 0.6 is 0 Å². The van der Waals surface area contributed by atoms with E-state index in [0.717, 1.165) is 44.5 Å². The first-order valence-electron chi connectivity index (χ1n) is 18.2. The molecule has 0 radical (unpaired) electrons. The van der Waals surface area contributed by atoms with Crippen LogP contribution in [0.2, 0.25) is 0 Å². The molecule has 264 valence electrons. The summed E-state index contributed by atoms with van der Waals surface area (Å²) in [7, 11) is 0. The zero-order valence-electron chi connectivity index (χ0n) is 29.8. The molecule has 4 aromatic rings. The fraction of sp³-hybridized carbons (Fsp3) is 0.261. The standard InChI is InChI=1S/C46H44O6/c1-31-23-37-27-33-11-3-7-15-41(33)49-19-21-51-43-17-9-5-13-35(43)29-39-25-32(2)26-40(46(39)48)30-36-14-6-10-18-44(36)52-22-20-50-42-16-8-4-12-34(42)28-38(24-31)45(37)47/h3-18,27-32H,19-26H2,1-2H3/b37-27-,38-28+,39-29+,40-30-. The summed E-state index contributed by atoms with van der Waals surface area (Å²) in [6, 6.07) is 31.1. The van der Waals surface area contributed by atoms with Crippen molar-refractivity contribution in [3.8, 4) is 23.0 Å². The van der Waals surface area contributed by atoms with E-state index in [0.29, 0.717) is 86.9 Å². The predicted molar refractivity (Wildman–Crippen MR) is 206 cm³/mol. The summed E-state index contributed by atoms with van der Waals surface area (Å²) in [5, 5.41) is 0. The van der Waals surface area contributed by atoms with Crippen LogP contribution in [0.3, 0.4) is 0 Å². The number of carbonyl (C=O) groups excluding carboxylic acids is 2. The molecule has 4 aromatic carbocycles. The molecule has 1 aliphatic heterocycles. The summed E-state index contributed by atoms with van der Waals surface area (Å²) in [5.74, 6) is 3.45. The van der Waals surface area contributed by atoms with Crippen LogP contribution in [0.5, 0.6) is 23.0 Å². The molecule has 0 aromatic heterocycles. The predicted octanol–water partition coefficient (Wildman–Crippen LogP) is 9.85. The molecule has 4 bridgehead atoms. The topological polar surface area (TPSA) is 71.1 Å². The second-order valence-electron chi connectivity index (χ2n) is 13.9. The Kier molecular flexibility index (Phi) is 10.8. The van der Waals surface area contributed by atoms with Crippen molar-refractivity contribution in [2.75, 3.05) is 26.4 Å². The number of fused-ring (bicyclic) bond motifs is 8. The summed E-state index contributed by atoms with van der Waals surface area (Å²) in [6.45, 7) is 5.59. The van der Waals surface area contributed by atoms with Crippen molar-refractivity contribution in [2.45, 2.75) is 39.5 Å². The molecule has 6 nitrogen and oxygen atoms in total. The quantitative estimate of drug-likeness (QED) is 0.183. The first kappa shape index (κ1) is 34.8. The summed E-state index contributed by atoms with van der Waals surface area (Å²) in [5.41, 5.74) is 6.44. The van der Waals surface area contributed by atoms with E-state index in [2.05, 4.69) is 13.8 Å². The van der Waals surface area contributed by atoms with Gasteiger partial charge in [0.2, 0.25) is 0 Å². The number of benzene rings is 4. The number of allylic oxidation sites excluding steroid dienone is 4. The number of rotatable bonds is 0. The SMILES string of the molecule is CC1C/C2=C/c3ccccc3OCCOc3ccccc3/C=C3\CC(C)C/C(=C/c4ccccc4OCCOc4ccccc4/C=C(\C1)C2=O)C3=O. The van der Waals surface area contributed by atoms with Gasteiger partial charge < -0.3 is 18.9 Å². The second kappa shape index (κ2) is 16.2. The van der Waals surface area contributed by atoms with Crippen molar-refractivity contribution in [1.29, 1.82) is 0 Å². The lowest BCUT2D eigenvalue weighted by molar-refractivity contribution is -0.113. The van der Waals surface area contributed by atoms with Crippen molar-refractivity contribution < 1.29 is 28.5 Å². The van der Waals surface area contributed by atoms with Gasteiger partial charge in [0.1, 0.15) is 49.4 Å². The second-order valence-corrected chi connectivity index (χ2v) is 13.9. The molecular formula is C46H44O6. The molecule has 2 atom stereocenters. The van der Waals surface area contributed by atoms with Gasteiger partial charge in [0.25, 0.3) is 0 Å². The molecule has 0 amide bonds. The zero-order chi connectivity index (χ0) is 35.9. The van der Waals surface area contributed by atoms with Gasteiger partial charge in [-0.15, -0.1) is 0 Å². The third kappa shape index (κ3) is 8.29. The van der Waals surface area contributed by atoms with Crippen molar-refractivity contribution >= 4 is 35.9 Å². The van der Waals surface area contributed by atoms with Gasteiger partial charge in [-0.2, -0.15) is 0 Å². The van der Waals surface area contributed by atoms with E-state index in [9.17, 15) is 9.59 Å². The van der Waals surface area contributed by atoms with Crippen LogP contribution in [0.1, 0.15) is 61.8 Å². The Bertz CT molecular complexity index is 1790. The number of hydrogen-bond acceptors (Lipinski definition) is 6. The average molecular weight is 693 g/mol. The van der Waals surface area contributed by atoms with E-state index in [1.165, 1.54) is 0 Å². The largest absolute Gasteiger partial charge is 0.489 e. The normalized spacial score (nSPS) is 23.9. The molecule has 2 unspecified atom stereocenters. The Balaban J connectivity index is 1.23. The lowest BCUT2D eigenvalue weighted by atomic mass is 9.80. The first-order valence-corrected chi connectivity index (χ1v) is 18.2. The molecule has 3 aliphatic rings. The third-order valence-electron chi connectivity index (χ3n) is 9.63. The van der Waals surface area contributed by atoms with Crippen molar-refractivity contribution in [3.63, 3.8) is 0 Å². The molecule has 6 heteroatoms. The van der Waals surface area contributed by atoms with Gasteiger partial charge in [0, 0.05) is 44.5 Å². The molecule has 2 aliphatic carbocycles. The Morgan fingerprint density at radius 2 is 0.615 bits per heavy atom. The van der Waals surface area contributed by atoms with Crippen molar-refractivity contribution in [1.82, 2.24) is 0 Å². The molecule has 0 N–H and O–H groups in total. The van der Waals surface area contributed by atoms with E-state index in [1.807, 2.05) is 121 Å². The minimum absolute atomic E-state index is 0.0462. The maximum absolute atomic E-state index is 13.9. The van der Waals surface area contributed by atoms with Crippen LogP contribution < -0.4 is 18.9 Å². The van der Waals surface area contributed by atoms with E-state index < -0.39 is 0 Å². The van der Waals surface area contributed by atoms with Crippen LogP contribution in [-0.2, 0) is 9.59 Å². The van der Waals surface area contributed by atoms with Crippen LogP contribution in [0.25, 0.3) is 24.3 Å². The van der Waals surface area contributed by atoms with Gasteiger partial charge in [-0.25, -0.2) is 0 Å². The van der Waals surface area contributed by atoms with Gasteiger partial charge in [-0.3, -0.25) is 9.59 Å². The summed E-state index contributed by atoms with van der Waals surface area (Å²) in [4.78, 5) is 27.8. The highest BCUT2D eigenvalue weighted by Gasteiger charge is 2.27. The van der Waals surface area contributed by atoms with Crippen LogP contribution in [-0.4, -0.2) is 38.0 Å². The maximum atomic E-state index is 13.9. The molecule has 0 spiro atoms. The Labute approximate surface area is 306 Å². The van der Waals surface area contributed by atoms with E-state index in [1.54, 1.807) is 0 Å². The Morgan fingerprint density at radius 1 is 0.385 bits per heavy atom. The van der Waals surface area contributed by atoms with E-state index in [4.69, 9.17) is 18.9 Å². The number of ketones is 2. The molecule has 2 fully saturated rings. The first-order chi connectivity index (χ1) is 25.4. The number of hydrogen-bond donors (Lipinski definition) is 0. The third-order valence-corrected chi connectivity index (χ3v) is 9.63. The zero-order valence-corrected chi connectivity index (χ0v) is 29.8. The van der Waals surface area contributed by atoms with Gasteiger partial charge in [-0.1, -0.05) is 86.6 Å². The van der Waals surface area contributed by atoms with Gasteiger partial charge in [0.15, 0.2) is 11.6 Å².